The lowest BCUT2D eigenvalue weighted by Gasteiger charge is -2.35. The predicted octanol–water partition coefficient (Wildman–Crippen LogP) is 7.18. The second-order valence-corrected chi connectivity index (χ2v) is 12.8. The van der Waals surface area contributed by atoms with Gasteiger partial charge in [0.1, 0.15) is 0 Å². The van der Waals surface area contributed by atoms with Crippen LogP contribution in [0.1, 0.15) is 34.0 Å². The highest BCUT2D eigenvalue weighted by atomic mass is 16.7. The van der Waals surface area contributed by atoms with Crippen LogP contribution in [0.15, 0.2) is 54.7 Å². The summed E-state index contributed by atoms with van der Waals surface area (Å²) >= 11 is 0. The summed E-state index contributed by atoms with van der Waals surface area (Å²) in [4.78, 5) is 7.11. The number of aromatic nitrogens is 1. The van der Waals surface area contributed by atoms with E-state index in [4.69, 9.17) is 52.4 Å². The summed E-state index contributed by atoms with van der Waals surface area (Å²) in [6.45, 7) is 0.917. The largest absolute Gasteiger partial charge is 0.493 e. The van der Waals surface area contributed by atoms with E-state index >= 15 is 0 Å². The highest BCUT2D eigenvalue weighted by Gasteiger charge is 2.32. The molecule has 0 bridgehead atoms. The number of rotatable bonds is 13. The molecule has 0 aliphatic carbocycles. The summed E-state index contributed by atoms with van der Waals surface area (Å²) in [6.07, 6.45) is 3.76. The zero-order valence-corrected chi connectivity index (χ0v) is 31.3. The lowest BCUT2D eigenvalue weighted by Crippen LogP contribution is -2.33. The van der Waals surface area contributed by atoms with Crippen LogP contribution in [0.25, 0.3) is 10.8 Å². The normalized spacial score (nSPS) is 14.8. The molecular formula is C41H44N2O10. The molecular weight excluding hydrogens is 680 g/mol. The Labute approximate surface area is 308 Å². The number of methoxy groups -OCH3 is 7. The van der Waals surface area contributed by atoms with Crippen molar-refractivity contribution in [2.24, 2.45) is 0 Å². The number of pyridine rings is 1. The van der Waals surface area contributed by atoms with Crippen LogP contribution in [0.5, 0.6) is 63.2 Å². The van der Waals surface area contributed by atoms with Gasteiger partial charge >= 0.3 is 0 Å². The molecule has 53 heavy (non-hydrogen) atoms. The maximum atomic E-state index is 6.78. The van der Waals surface area contributed by atoms with Gasteiger partial charge in [-0.1, -0.05) is 6.07 Å². The van der Waals surface area contributed by atoms with Crippen LogP contribution in [0.2, 0.25) is 0 Å². The molecule has 0 spiro atoms. The van der Waals surface area contributed by atoms with E-state index in [0.717, 1.165) is 46.1 Å². The molecule has 5 aromatic rings. The SMILES string of the molecule is COc1ccc(Cc2nccc3c4c(c(Oc5cc(CC6c7cc(OC)c(OC)cc7CCN6C)c(OC)c(OC)c5OC)cc23)OCO4)cc1OC. The minimum absolute atomic E-state index is 0.00901. The van der Waals surface area contributed by atoms with Crippen molar-refractivity contribution in [3.63, 3.8) is 0 Å². The fraction of sp³-hybridized carbons (Fsp3) is 0.341. The van der Waals surface area contributed by atoms with Gasteiger partial charge in [0, 0.05) is 41.5 Å². The summed E-state index contributed by atoms with van der Waals surface area (Å²) in [6, 6.07) is 15.8. The van der Waals surface area contributed by atoms with Gasteiger partial charge in [-0.3, -0.25) is 9.88 Å². The van der Waals surface area contributed by atoms with E-state index in [2.05, 4.69) is 24.1 Å². The smallest absolute Gasteiger partial charge is 0.231 e. The molecule has 0 fully saturated rings. The van der Waals surface area contributed by atoms with Crippen molar-refractivity contribution in [1.29, 1.82) is 0 Å². The Bertz CT molecular complexity index is 2150. The summed E-state index contributed by atoms with van der Waals surface area (Å²) in [5.74, 6) is 5.98. The van der Waals surface area contributed by atoms with Gasteiger partial charge in [0.2, 0.25) is 24.0 Å². The Morgan fingerprint density at radius 2 is 1.36 bits per heavy atom. The third-order valence-electron chi connectivity index (χ3n) is 10.00. The van der Waals surface area contributed by atoms with Crippen molar-refractivity contribution in [1.82, 2.24) is 9.88 Å². The first kappa shape index (κ1) is 35.6. The second-order valence-electron chi connectivity index (χ2n) is 12.8. The Hall–Kier alpha value is -5.75. The van der Waals surface area contributed by atoms with Crippen molar-refractivity contribution in [2.75, 3.05) is 70.2 Å². The van der Waals surface area contributed by atoms with Gasteiger partial charge in [-0.15, -0.1) is 0 Å². The lowest BCUT2D eigenvalue weighted by molar-refractivity contribution is 0.172. The van der Waals surface area contributed by atoms with Crippen molar-refractivity contribution >= 4 is 10.8 Å². The van der Waals surface area contributed by atoms with E-state index in [1.54, 1.807) is 56.0 Å². The van der Waals surface area contributed by atoms with Crippen molar-refractivity contribution in [2.45, 2.75) is 25.3 Å². The van der Waals surface area contributed by atoms with E-state index in [1.165, 1.54) is 5.56 Å². The molecule has 0 N–H and O–H groups in total. The average molecular weight is 725 g/mol. The van der Waals surface area contributed by atoms with Crippen LogP contribution >= 0.6 is 0 Å². The molecule has 1 unspecified atom stereocenters. The number of ether oxygens (including phenoxy) is 10. The molecule has 12 nitrogen and oxygen atoms in total. The fourth-order valence-electron chi connectivity index (χ4n) is 7.36. The Kier molecular flexibility index (Phi) is 10.1. The summed E-state index contributed by atoms with van der Waals surface area (Å²) < 4.78 is 59.0. The van der Waals surface area contributed by atoms with Gasteiger partial charge in [-0.05, 0) is 79.0 Å². The molecule has 0 saturated heterocycles. The van der Waals surface area contributed by atoms with Gasteiger partial charge in [-0.25, -0.2) is 0 Å². The lowest BCUT2D eigenvalue weighted by atomic mass is 9.88. The number of benzene rings is 4. The number of hydrogen-bond donors (Lipinski definition) is 0. The second kappa shape index (κ2) is 15.1. The maximum absolute atomic E-state index is 6.78. The van der Waals surface area contributed by atoms with Crippen LogP contribution in [-0.2, 0) is 19.3 Å². The van der Waals surface area contributed by atoms with Gasteiger partial charge in [0.05, 0.1) is 55.5 Å². The van der Waals surface area contributed by atoms with E-state index in [-0.39, 0.29) is 12.8 Å². The van der Waals surface area contributed by atoms with E-state index in [0.29, 0.717) is 76.1 Å². The first-order valence-electron chi connectivity index (χ1n) is 17.2. The Balaban J connectivity index is 1.32. The van der Waals surface area contributed by atoms with Crippen LogP contribution in [0.3, 0.4) is 0 Å². The molecule has 0 saturated carbocycles. The first-order valence-corrected chi connectivity index (χ1v) is 17.2. The van der Waals surface area contributed by atoms with Crippen LogP contribution in [-0.4, -0.2) is 80.0 Å². The Morgan fingerprint density at radius 3 is 2.08 bits per heavy atom. The topological polar surface area (TPSA) is 108 Å². The average Bonchev–Trinajstić information content (AvgIpc) is 3.69. The fourth-order valence-corrected chi connectivity index (χ4v) is 7.36. The summed E-state index contributed by atoms with van der Waals surface area (Å²) in [5, 5.41) is 1.72. The molecule has 0 amide bonds. The Morgan fingerprint density at radius 1 is 0.660 bits per heavy atom. The summed E-state index contributed by atoms with van der Waals surface area (Å²) in [5.41, 5.74) is 5.05. The molecule has 1 aromatic heterocycles. The molecule has 4 aromatic carbocycles. The van der Waals surface area contributed by atoms with Crippen LogP contribution in [0.4, 0.5) is 0 Å². The molecule has 3 heterocycles. The van der Waals surface area contributed by atoms with Crippen molar-refractivity contribution < 1.29 is 47.4 Å². The van der Waals surface area contributed by atoms with E-state index < -0.39 is 0 Å². The maximum Gasteiger partial charge on any atom is 0.231 e. The number of nitrogens with zero attached hydrogens (tertiary/aromatic N) is 2. The van der Waals surface area contributed by atoms with E-state index in [9.17, 15) is 0 Å². The highest BCUT2D eigenvalue weighted by molar-refractivity contribution is 5.95. The van der Waals surface area contributed by atoms with Crippen LogP contribution < -0.4 is 47.4 Å². The van der Waals surface area contributed by atoms with Crippen LogP contribution in [0, 0.1) is 0 Å². The monoisotopic (exact) mass is 724 g/mol. The number of likely N-dealkylation sites (N-methyl/N-ethyl adjacent to an activating group) is 1. The number of hydrogen-bond acceptors (Lipinski definition) is 12. The summed E-state index contributed by atoms with van der Waals surface area (Å²) in [7, 11) is 13.5. The van der Waals surface area contributed by atoms with E-state index in [1.807, 2.05) is 36.4 Å². The highest BCUT2D eigenvalue weighted by Crippen LogP contribution is 2.53. The first-order chi connectivity index (χ1) is 25.8. The third kappa shape index (κ3) is 6.48. The van der Waals surface area contributed by atoms with Gasteiger partial charge in [-0.2, -0.15) is 0 Å². The van der Waals surface area contributed by atoms with Gasteiger partial charge in [0.25, 0.3) is 0 Å². The predicted molar refractivity (Wildman–Crippen MR) is 199 cm³/mol. The molecule has 1 atom stereocenters. The molecule has 12 heteroatoms. The zero-order chi connectivity index (χ0) is 37.2. The number of fused-ring (bicyclic) bond motifs is 4. The molecule has 278 valence electrons. The standard InChI is InChI=1S/C41H44N2O10/c1-43-14-12-24-18-33(46-4)34(47-5)20-27(24)30(43)17-25-19-35(39(49-7)41(50-8)37(25)48-6)53-36-21-28-26(38-40(36)52-22-51-38)11-13-42-29(28)15-23-9-10-31(44-2)32(16-23)45-3/h9-11,13,16,18-21,30H,12,14-15,17,22H2,1-8H3. The minimum Gasteiger partial charge on any atom is -0.493 e. The molecule has 0 radical (unpaired) electrons. The van der Waals surface area contributed by atoms with Crippen molar-refractivity contribution in [3.8, 4) is 63.2 Å². The quantitative estimate of drug-likeness (QED) is 0.123. The van der Waals surface area contributed by atoms with Gasteiger partial charge < -0.3 is 47.4 Å². The minimum atomic E-state index is -0.00901. The van der Waals surface area contributed by atoms with Crippen molar-refractivity contribution in [3.05, 3.63) is 82.7 Å². The third-order valence-corrected chi connectivity index (χ3v) is 10.00. The molecule has 7 rings (SSSR count). The van der Waals surface area contributed by atoms with Gasteiger partial charge in [0.15, 0.2) is 46.0 Å². The zero-order valence-electron chi connectivity index (χ0n) is 31.3. The molecule has 2 aliphatic rings. The molecule has 2 aliphatic heterocycles.